The monoisotopic (exact) mass is 438 g/mol. The van der Waals surface area contributed by atoms with Crippen LogP contribution in [0.2, 0.25) is 5.02 Å². The molecule has 1 fully saturated rings. The van der Waals surface area contributed by atoms with Crippen LogP contribution < -0.4 is 14.8 Å². The number of hydrogen-bond donors (Lipinski definition) is 1. The number of hydrogen-bond acceptors (Lipinski definition) is 3. The molecule has 1 N–H and O–H groups in total. The molecule has 1 heterocycles. The number of carbonyl (C=O) groups excluding carboxylic acids is 1. The van der Waals surface area contributed by atoms with Gasteiger partial charge in [0.15, 0.2) is 0 Å². The second kappa shape index (κ2) is 8.18. The highest BCUT2D eigenvalue weighted by atomic mass is 79.9. The van der Waals surface area contributed by atoms with Crippen LogP contribution in [0.4, 0.5) is 10.5 Å². The number of carbonyl (C=O) groups is 1. The van der Waals surface area contributed by atoms with Gasteiger partial charge >= 0.3 is 6.03 Å². The molecule has 7 heteroatoms. The maximum Gasteiger partial charge on any atom is 0.322 e. The molecule has 2 aromatic carbocycles. The van der Waals surface area contributed by atoms with Crippen LogP contribution in [0.15, 0.2) is 40.9 Å². The van der Waals surface area contributed by atoms with Gasteiger partial charge in [-0.05, 0) is 43.2 Å². The van der Waals surface area contributed by atoms with Crippen LogP contribution >= 0.6 is 27.5 Å². The van der Waals surface area contributed by atoms with Crippen molar-refractivity contribution in [1.29, 1.82) is 0 Å². The Bertz CT molecular complexity index is 815. The van der Waals surface area contributed by atoms with Crippen LogP contribution in [-0.4, -0.2) is 31.7 Å². The fourth-order valence-corrected chi connectivity index (χ4v) is 3.93. The van der Waals surface area contributed by atoms with Crippen molar-refractivity contribution in [3.8, 4) is 11.5 Å². The number of nitrogens with zero attached hydrogens (tertiary/aromatic N) is 1. The van der Waals surface area contributed by atoms with Crippen molar-refractivity contribution >= 4 is 39.2 Å². The van der Waals surface area contributed by atoms with Gasteiger partial charge in [0.05, 0.1) is 31.0 Å². The third-order valence-corrected chi connectivity index (χ3v) is 5.29. The van der Waals surface area contributed by atoms with Crippen LogP contribution in [0.25, 0.3) is 0 Å². The quantitative estimate of drug-likeness (QED) is 0.685. The normalized spacial score (nSPS) is 16.5. The van der Waals surface area contributed by atoms with Crippen molar-refractivity contribution in [2.24, 2.45) is 0 Å². The Morgan fingerprint density at radius 3 is 2.73 bits per heavy atom. The molecule has 1 aliphatic rings. The van der Waals surface area contributed by atoms with Crippen molar-refractivity contribution in [3.05, 3.63) is 51.5 Å². The van der Waals surface area contributed by atoms with Crippen LogP contribution in [0, 0.1) is 0 Å². The van der Waals surface area contributed by atoms with Gasteiger partial charge in [-0.25, -0.2) is 4.79 Å². The van der Waals surface area contributed by atoms with E-state index >= 15 is 0 Å². The summed E-state index contributed by atoms with van der Waals surface area (Å²) in [6.45, 7) is 0.680. The summed E-state index contributed by atoms with van der Waals surface area (Å²) < 4.78 is 11.6. The van der Waals surface area contributed by atoms with Gasteiger partial charge in [0, 0.05) is 22.6 Å². The number of benzene rings is 2. The molecule has 1 saturated heterocycles. The van der Waals surface area contributed by atoms with E-state index in [9.17, 15) is 4.79 Å². The number of halogens is 2. The number of rotatable bonds is 4. The molecule has 0 bridgehead atoms. The fourth-order valence-electron chi connectivity index (χ4n) is 3.20. The summed E-state index contributed by atoms with van der Waals surface area (Å²) in [4.78, 5) is 14.7. The summed E-state index contributed by atoms with van der Waals surface area (Å²) in [5.41, 5.74) is 1.56. The van der Waals surface area contributed by atoms with Gasteiger partial charge in [0.2, 0.25) is 0 Å². The highest BCUT2D eigenvalue weighted by Crippen LogP contribution is 2.39. The number of nitrogens with one attached hydrogen (secondary N) is 1. The number of likely N-dealkylation sites (tertiary alicyclic amines) is 1. The molecule has 1 unspecified atom stereocenters. The minimum absolute atomic E-state index is 0.0509. The lowest BCUT2D eigenvalue weighted by molar-refractivity contribution is 0.206. The average Bonchev–Trinajstić information content (AvgIpc) is 3.13. The standard InChI is InChI=1S/C19H20BrClN2O3/c1-25-13-6-7-14(18(11-13)26-2)17-4-3-9-23(17)19(24)22-16-8-5-12(20)10-15(16)21/h5-8,10-11,17H,3-4,9H2,1-2H3,(H,22,24). The van der Waals surface area contributed by atoms with Gasteiger partial charge in [0.25, 0.3) is 0 Å². The molecular formula is C19H20BrClN2O3. The Morgan fingerprint density at radius 2 is 2.04 bits per heavy atom. The van der Waals surface area contributed by atoms with E-state index in [1.165, 1.54) is 0 Å². The Morgan fingerprint density at radius 1 is 1.23 bits per heavy atom. The topological polar surface area (TPSA) is 50.8 Å². The van der Waals surface area contributed by atoms with Gasteiger partial charge < -0.3 is 19.7 Å². The Labute approximate surface area is 166 Å². The minimum atomic E-state index is -0.172. The summed E-state index contributed by atoms with van der Waals surface area (Å²) >= 11 is 9.58. The highest BCUT2D eigenvalue weighted by molar-refractivity contribution is 9.10. The average molecular weight is 440 g/mol. The molecule has 0 spiro atoms. The largest absolute Gasteiger partial charge is 0.497 e. The molecule has 1 aliphatic heterocycles. The molecule has 2 aromatic rings. The third kappa shape index (κ3) is 3.91. The van der Waals surface area contributed by atoms with E-state index in [4.69, 9.17) is 21.1 Å². The van der Waals surface area contributed by atoms with Crippen molar-refractivity contribution in [1.82, 2.24) is 4.90 Å². The summed E-state index contributed by atoms with van der Waals surface area (Å²) in [7, 11) is 3.24. The SMILES string of the molecule is COc1ccc(C2CCCN2C(=O)Nc2ccc(Br)cc2Cl)c(OC)c1. The number of ether oxygens (including phenoxy) is 2. The maximum atomic E-state index is 12.8. The zero-order valence-electron chi connectivity index (χ0n) is 14.6. The van der Waals surface area contributed by atoms with E-state index in [0.29, 0.717) is 17.3 Å². The molecule has 5 nitrogen and oxygen atoms in total. The molecule has 1 atom stereocenters. The molecule has 138 valence electrons. The first-order chi connectivity index (χ1) is 12.5. The zero-order chi connectivity index (χ0) is 18.7. The Hall–Kier alpha value is -1.92. The van der Waals surface area contributed by atoms with Gasteiger partial charge in [0.1, 0.15) is 11.5 Å². The number of urea groups is 1. The predicted molar refractivity (Wildman–Crippen MR) is 106 cm³/mol. The van der Waals surface area contributed by atoms with Gasteiger partial charge in [-0.15, -0.1) is 0 Å². The van der Waals surface area contributed by atoms with Crippen molar-refractivity contribution in [3.63, 3.8) is 0 Å². The van der Waals surface area contributed by atoms with E-state index in [1.54, 1.807) is 26.4 Å². The molecule has 26 heavy (non-hydrogen) atoms. The molecule has 3 rings (SSSR count). The van der Waals surface area contributed by atoms with Crippen molar-refractivity contribution < 1.29 is 14.3 Å². The molecule has 0 aliphatic carbocycles. The van der Waals surface area contributed by atoms with Crippen molar-refractivity contribution in [2.45, 2.75) is 18.9 Å². The highest BCUT2D eigenvalue weighted by Gasteiger charge is 2.32. The van der Waals surface area contributed by atoms with E-state index in [0.717, 1.165) is 34.4 Å². The molecule has 2 amide bonds. The van der Waals surface area contributed by atoms with Gasteiger partial charge in [-0.1, -0.05) is 27.5 Å². The summed E-state index contributed by atoms with van der Waals surface area (Å²) in [5, 5.41) is 3.40. The van der Waals surface area contributed by atoms with Crippen LogP contribution in [0.1, 0.15) is 24.4 Å². The first kappa shape index (κ1) is 18.9. The van der Waals surface area contributed by atoms with E-state index in [-0.39, 0.29) is 12.1 Å². The number of anilines is 1. The van der Waals surface area contributed by atoms with E-state index in [2.05, 4.69) is 21.2 Å². The van der Waals surface area contributed by atoms with Crippen LogP contribution in [-0.2, 0) is 0 Å². The van der Waals surface area contributed by atoms with Crippen molar-refractivity contribution in [2.75, 3.05) is 26.1 Å². The second-order valence-corrected chi connectivity index (χ2v) is 7.34. The fraction of sp³-hybridized carbons (Fsp3) is 0.316. The molecular weight excluding hydrogens is 420 g/mol. The first-order valence-corrected chi connectivity index (χ1v) is 9.45. The molecule has 0 saturated carbocycles. The third-order valence-electron chi connectivity index (χ3n) is 4.49. The summed E-state index contributed by atoms with van der Waals surface area (Å²) in [6, 6.07) is 10.8. The van der Waals surface area contributed by atoms with Crippen LogP contribution in [0.5, 0.6) is 11.5 Å². The van der Waals surface area contributed by atoms with Gasteiger partial charge in [-0.3, -0.25) is 0 Å². The van der Waals surface area contributed by atoms with Gasteiger partial charge in [-0.2, -0.15) is 0 Å². The van der Waals surface area contributed by atoms with E-state index in [1.807, 2.05) is 29.2 Å². The maximum absolute atomic E-state index is 12.8. The Balaban J connectivity index is 1.82. The summed E-state index contributed by atoms with van der Waals surface area (Å²) in [5.74, 6) is 1.44. The lowest BCUT2D eigenvalue weighted by Gasteiger charge is -2.27. The lowest BCUT2D eigenvalue weighted by Crippen LogP contribution is -2.34. The smallest absolute Gasteiger partial charge is 0.322 e. The summed E-state index contributed by atoms with van der Waals surface area (Å²) in [6.07, 6.45) is 1.81. The number of methoxy groups -OCH3 is 2. The predicted octanol–water partition coefficient (Wildman–Crippen LogP) is 5.49. The zero-order valence-corrected chi connectivity index (χ0v) is 16.9. The number of amides is 2. The molecule has 0 radical (unpaired) electrons. The van der Waals surface area contributed by atoms with E-state index < -0.39 is 0 Å². The minimum Gasteiger partial charge on any atom is -0.497 e. The van der Waals surface area contributed by atoms with Crippen LogP contribution in [0.3, 0.4) is 0 Å². The molecule has 0 aromatic heterocycles. The first-order valence-electron chi connectivity index (χ1n) is 8.28. The lowest BCUT2D eigenvalue weighted by atomic mass is 10.0. The second-order valence-electron chi connectivity index (χ2n) is 6.01. The Kier molecular flexibility index (Phi) is 5.94.